The molecule has 144 valence electrons. The second kappa shape index (κ2) is 9.70. The van der Waals surface area contributed by atoms with Crippen LogP contribution >= 0.6 is 0 Å². The van der Waals surface area contributed by atoms with E-state index in [0.29, 0.717) is 23.1 Å². The Labute approximate surface area is 162 Å². The quantitative estimate of drug-likeness (QED) is 0.460. The van der Waals surface area contributed by atoms with Gasteiger partial charge >= 0.3 is 5.97 Å². The Hall–Kier alpha value is -2.13. The molecule has 0 saturated heterocycles. The molecule has 2 aromatic rings. The van der Waals surface area contributed by atoms with E-state index in [2.05, 4.69) is 19.1 Å². The van der Waals surface area contributed by atoms with Crippen molar-refractivity contribution in [3.05, 3.63) is 65.2 Å². The van der Waals surface area contributed by atoms with Crippen LogP contribution in [-0.2, 0) is 11.2 Å². The topological polar surface area (TPSA) is 35.5 Å². The number of methoxy groups -OCH3 is 1. The van der Waals surface area contributed by atoms with Crippen LogP contribution in [0.1, 0.15) is 66.4 Å². The monoisotopic (exact) mass is 366 g/mol. The number of hydrogen-bond donors (Lipinski definition) is 0. The molecule has 0 aromatic heterocycles. The molecule has 0 radical (unpaired) electrons. The van der Waals surface area contributed by atoms with Gasteiger partial charge in [-0.15, -0.1) is 0 Å². The maximum atomic E-state index is 12.4. The lowest BCUT2D eigenvalue weighted by molar-refractivity contribution is 0.0734. The Morgan fingerprint density at radius 2 is 1.63 bits per heavy atom. The minimum absolute atomic E-state index is 0.298. The van der Waals surface area contributed by atoms with E-state index in [9.17, 15) is 4.79 Å². The summed E-state index contributed by atoms with van der Waals surface area (Å²) in [5.74, 6) is 1.59. The third-order valence-electron chi connectivity index (χ3n) is 5.54. The van der Waals surface area contributed by atoms with Gasteiger partial charge in [0.1, 0.15) is 5.75 Å². The summed E-state index contributed by atoms with van der Waals surface area (Å²) in [4.78, 5) is 12.4. The van der Waals surface area contributed by atoms with Crippen molar-refractivity contribution in [2.45, 2.75) is 51.4 Å². The van der Waals surface area contributed by atoms with E-state index in [1.165, 1.54) is 36.8 Å². The fourth-order valence-corrected chi connectivity index (χ4v) is 3.97. The highest BCUT2D eigenvalue weighted by atomic mass is 16.5. The minimum Gasteiger partial charge on any atom is -0.423 e. The third-order valence-corrected chi connectivity index (χ3v) is 5.54. The zero-order valence-corrected chi connectivity index (χ0v) is 16.4. The van der Waals surface area contributed by atoms with Crippen molar-refractivity contribution in [3.8, 4) is 5.75 Å². The zero-order chi connectivity index (χ0) is 19.1. The SMILES string of the molecule is CCCc1ccc(OC(=O)c2ccc(C3CCC(COC)CC3)cc2)cc1. The first-order valence-electron chi connectivity index (χ1n) is 10.1. The van der Waals surface area contributed by atoms with Gasteiger partial charge in [0.15, 0.2) is 0 Å². The van der Waals surface area contributed by atoms with Crippen molar-refractivity contribution in [1.29, 1.82) is 0 Å². The number of aryl methyl sites for hydroxylation is 1. The normalized spacial score (nSPS) is 19.6. The van der Waals surface area contributed by atoms with Gasteiger partial charge in [-0.25, -0.2) is 4.79 Å². The summed E-state index contributed by atoms with van der Waals surface area (Å²) in [5, 5.41) is 0. The Bertz CT molecular complexity index is 710. The molecule has 0 amide bonds. The fraction of sp³-hybridized carbons (Fsp3) is 0.458. The summed E-state index contributed by atoms with van der Waals surface area (Å²) >= 11 is 0. The van der Waals surface area contributed by atoms with Crippen LogP contribution in [-0.4, -0.2) is 19.7 Å². The van der Waals surface area contributed by atoms with Gasteiger partial charge in [-0.2, -0.15) is 0 Å². The first-order valence-corrected chi connectivity index (χ1v) is 10.1. The molecule has 3 heteroatoms. The lowest BCUT2D eigenvalue weighted by atomic mass is 9.79. The van der Waals surface area contributed by atoms with Crippen LogP contribution in [0.3, 0.4) is 0 Å². The van der Waals surface area contributed by atoms with Gasteiger partial charge in [0, 0.05) is 13.7 Å². The van der Waals surface area contributed by atoms with E-state index in [1.54, 1.807) is 7.11 Å². The van der Waals surface area contributed by atoms with Crippen molar-refractivity contribution in [1.82, 2.24) is 0 Å². The highest BCUT2D eigenvalue weighted by molar-refractivity contribution is 5.91. The van der Waals surface area contributed by atoms with Gasteiger partial charge in [-0.1, -0.05) is 37.6 Å². The summed E-state index contributed by atoms with van der Waals surface area (Å²) in [5.41, 5.74) is 3.19. The van der Waals surface area contributed by atoms with E-state index >= 15 is 0 Å². The summed E-state index contributed by atoms with van der Waals surface area (Å²) < 4.78 is 10.8. The second-order valence-corrected chi connectivity index (χ2v) is 7.58. The average molecular weight is 367 g/mol. The van der Waals surface area contributed by atoms with Crippen LogP contribution in [0.2, 0.25) is 0 Å². The van der Waals surface area contributed by atoms with Gasteiger partial charge in [0.05, 0.1) is 5.56 Å². The Kier molecular flexibility index (Phi) is 7.05. The summed E-state index contributed by atoms with van der Waals surface area (Å²) in [6, 6.07) is 15.7. The molecule has 27 heavy (non-hydrogen) atoms. The second-order valence-electron chi connectivity index (χ2n) is 7.58. The van der Waals surface area contributed by atoms with Gasteiger partial charge < -0.3 is 9.47 Å². The Balaban J connectivity index is 1.56. The Morgan fingerprint density at radius 1 is 0.963 bits per heavy atom. The predicted molar refractivity (Wildman–Crippen MR) is 108 cm³/mol. The lowest BCUT2D eigenvalue weighted by Gasteiger charge is -2.28. The maximum Gasteiger partial charge on any atom is 0.343 e. The molecule has 0 unspecified atom stereocenters. The number of carbonyl (C=O) groups excluding carboxylic acids is 1. The smallest absolute Gasteiger partial charge is 0.343 e. The largest absolute Gasteiger partial charge is 0.423 e. The molecule has 1 aliphatic rings. The molecule has 0 heterocycles. The van der Waals surface area contributed by atoms with Crippen molar-refractivity contribution >= 4 is 5.97 Å². The first-order chi connectivity index (χ1) is 13.2. The van der Waals surface area contributed by atoms with Crippen LogP contribution in [0.5, 0.6) is 5.75 Å². The highest BCUT2D eigenvalue weighted by Crippen LogP contribution is 2.35. The van der Waals surface area contributed by atoms with Crippen LogP contribution in [0.25, 0.3) is 0 Å². The standard InChI is InChI=1S/C24H30O3/c1-3-4-18-7-15-23(16-8-18)27-24(25)22-13-11-21(12-14-22)20-9-5-19(6-10-20)17-26-2/h7-8,11-16,19-20H,3-6,9-10,17H2,1-2H3. The van der Waals surface area contributed by atoms with E-state index < -0.39 is 0 Å². The summed E-state index contributed by atoms with van der Waals surface area (Å²) in [6.07, 6.45) is 6.99. The summed E-state index contributed by atoms with van der Waals surface area (Å²) in [6.45, 7) is 3.03. The van der Waals surface area contributed by atoms with Gasteiger partial charge in [-0.05, 0) is 79.3 Å². The van der Waals surface area contributed by atoms with E-state index in [1.807, 2.05) is 36.4 Å². The molecule has 1 aliphatic carbocycles. The van der Waals surface area contributed by atoms with Crippen molar-refractivity contribution < 1.29 is 14.3 Å². The zero-order valence-electron chi connectivity index (χ0n) is 16.4. The van der Waals surface area contributed by atoms with Gasteiger partial charge in [-0.3, -0.25) is 0 Å². The molecule has 1 saturated carbocycles. The maximum absolute atomic E-state index is 12.4. The number of benzene rings is 2. The fourth-order valence-electron chi connectivity index (χ4n) is 3.97. The van der Waals surface area contributed by atoms with Crippen molar-refractivity contribution in [2.75, 3.05) is 13.7 Å². The number of ether oxygens (including phenoxy) is 2. The van der Waals surface area contributed by atoms with Crippen LogP contribution < -0.4 is 4.74 Å². The molecule has 0 aliphatic heterocycles. The average Bonchev–Trinajstić information content (AvgIpc) is 2.71. The highest BCUT2D eigenvalue weighted by Gasteiger charge is 2.22. The molecule has 0 spiro atoms. The minimum atomic E-state index is -0.298. The molecule has 0 bridgehead atoms. The molecule has 3 rings (SSSR count). The Morgan fingerprint density at radius 3 is 2.22 bits per heavy atom. The molecule has 3 nitrogen and oxygen atoms in total. The van der Waals surface area contributed by atoms with Gasteiger partial charge in [0.25, 0.3) is 0 Å². The lowest BCUT2D eigenvalue weighted by Crippen LogP contribution is -2.17. The number of rotatable bonds is 7. The predicted octanol–water partition coefficient (Wildman–Crippen LogP) is 5.78. The van der Waals surface area contributed by atoms with Crippen molar-refractivity contribution in [2.24, 2.45) is 5.92 Å². The molecule has 0 atom stereocenters. The van der Waals surface area contributed by atoms with Crippen molar-refractivity contribution in [3.63, 3.8) is 0 Å². The number of carbonyl (C=O) groups is 1. The third kappa shape index (κ3) is 5.43. The van der Waals surface area contributed by atoms with Gasteiger partial charge in [0.2, 0.25) is 0 Å². The number of esters is 1. The van der Waals surface area contributed by atoms with Crippen LogP contribution in [0, 0.1) is 5.92 Å². The number of hydrogen-bond acceptors (Lipinski definition) is 3. The van der Waals surface area contributed by atoms with E-state index in [0.717, 1.165) is 19.4 Å². The van der Waals surface area contributed by atoms with Crippen LogP contribution in [0.4, 0.5) is 0 Å². The molecular formula is C24H30O3. The van der Waals surface area contributed by atoms with E-state index in [-0.39, 0.29) is 5.97 Å². The van der Waals surface area contributed by atoms with Crippen LogP contribution in [0.15, 0.2) is 48.5 Å². The molecule has 1 fully saturated rings. The summed E-state index contributed by atoms with van der Waals surface area (Å²) in [7, 11) is 1.78. The molecule has 2 aromatic carbocycles. The molecule has 0 N–H and O–H groups in total. The van der Waals surface area contributed by atoms with E-state index in [4.69, 9.17) is 9.47 Å². The first kappa shape index (κ1) is 19.6. The molecular weight excluding hydrogens is 336 g/mol.